The Kier molecular flexibility index (Phi) is 4.08. The van der Waals surface area contributed by atoms with Crippen LogP contribution in [0, 0.1) is 17.5 Å². The van der Waals surface area contributed by atoms with E-state index < -0.39 is 17.5 Å². The zero-order chi connectivity index (χ0) is 14.7. The van der Waals surface area contributed by atoms with Crippen molar-refractivity contribution < 1.29 is 13.2 Å². The second-order valence-electron chi connectivity index (χ2n) is 4.48. The van der Waals surface area contributed by atoms with Crippen molar-refractivity contribution in [3.05, 3.63) is 53.8 Å². The minimum absolute atomic E-state index is 0.243. The summed E-state index contributed by atoms with van der Waals surface area (Å²) in [4.78, 5) is 5.96. The molecule has 0 radical (unpaired) electrons. The summed E-state index contributed by atoms with van der Waals surface area (Å²) in [5, 5.41) is 0. The number of para-hydroxylation sites is 1. The smallest absolute Gasteiger partial charge is 0.194 e. The van der Waals surface area contributed by atoms with Gasteiger partial charge in [-0.2, -0.15) is 0 Å². The molecule has 0 aliphatic heterocycles. The van der Waals surface area contributed by atoms with Crippen LogP contribution in [0.4, 0.5) is 18.9 Å². The molecule has 2 nitrogen and oxygen atoms in total. The molecule has 2 rings (SSSR count). The number of aliphatic imine (C=N–C) groups is 1. The number of hydrogen-bond acceptors (Lipinski definition) is 1. The lowest BCUT2D eigenvalue weighted by atomic mass is 10.0. The van der Waals surface area contributed by atoms with Crippen molar-refractivity contribution in [1.82, 2.24) is 4.90 Å². The summed E-state index contributed by atoms with van der Waals surface area (Å²) >= 11 is 0. The molecule has 104 valence electrons. The van der Waals surface area contributed by atoms with E-state index in [1.165, 1.54) is 0 Å². The van der Waals surface area contributed by atoms with Gasteiger partial charge in [-0.3, -0.25) is 0 Å². The summed E-state index contributed by atoms with van der Waals surface area (Å²) in [5.41, 5.74) is 1.32. The molecule has 0 aromatic heterocycles. The van der Waals surface area contributed by atoms with E-state index >= 15 is 0 Å². The number of rotatable bonds is 3. The van der Waals surface area contributed by atoms with Gasteiger partial charge >= 0.3 is 0 Å². The van der Waals surface area contributed by atoms with Crippen molar-refractivity contribution in [2.24, 2.45) is 4.99 Å². The Morgan fingerprint density at radius 2 is 1.60 bits per heavy atom. The Labute approximate surface area is 115 Å². The third-order valence-electron chi connectivity index (χ3n) is 2.63. The molecule has 0 atom stereocenters. The molecule has 0 saturated heterocycles. The van der Waals surface area contributed by atoms with E-state index in [0.29, 0.717) is 11.3 Å². The minimum Gasteiger partial charge on any atom is -0.369 e. The normalized spacial score (nSPS) is 11.1. The first-order chi connectivity index (χ1) is 9.49. The fraction of sp³-hybridized carbons (Fsp3) is 0.133. The van der Waals surface area contributed by atoms with Crippen LogP contribution in [0.5, 0.6) is 0 Å². The predicted molar refractivity (Wildman–Crippen MR) is 73.6 cm³/mol. The number of hydrogen-bond donors (Lipinski definition) is 0. The third kappa shape index (κ3) is 2.99. The van der Waals surface area contributed by atoms with Crippen LogP contribution in [0.3, 0.4) is 0 Å². The second-order valence-corrected chi connectivity index (χ2v) is 4.48. The van der Waals surface area contributed by atoms with Crippen LogP contribution in [0.1, 0.15) is 0 Å². The summed E-state index contributed by atoms with van der Waals surface area (Å²) in [7, 11) is 3.62. The van der Waals surface area contributed by atoms with Crippen LogP contribution in [-0.2, 0) is 0 Å². The first-order valence-corrected chi connectivity index (χ1v) is 5.93. The van der Waals surface area contributed by atoms with Crippen LogP contribution in [0.2, 0.25) is 0 Å². The van der Waals surface area contributed by atoms with Gasteiger partial charge in [0.25, 0.3) is 0 Å². The fourth-order valence-corrected chi connectivity index (χ4v) is 1.72. The maximum atomic E-state index is 13.3. The van der Waals surface area contributed by atoms with Crippen molar-refractivity contribution in [3.63, 3.8) is 0 Å². The van der Waals surface area contributed by atoms with E-state index in [-0.39, 0.29) is 5.56 Å². The van der Waals surface area contributed by atoms with E-state index in [0.717, 1.165) is 12.1 Å². The van der Waals surface area contributed by atoms with Crippen LogP contribution in [-0.4, -0.2) is 25.3 Å². The molecule has 0 heterocycles. The molecule has 0 spiro atoms. The van der Waals surface area contributed by atoms with Crippen molar-refractivity contribution in [2.75, 3.05) is 14.1 Å². The van der Waals surface area contributed by atoms with E-state index in [9.17, 15) is 13.2 Å². The third-order valence-corrected chi connectivity index (χ3v) is 2.63. The van der Waals surface area contributed by atoms with Gasteiger partial charge in [0.1, 0.15) is 0 Å². The topological polar surface area (TPSA) is 15.6 Å². The Balaban J connectivity index is 2.53. The Morgan fingerprint density at radius 3 is 2.20 bits per heavy atom. The van der Waals surface area contributed by atoms with E-state index in [2.05, 4.69) is 4.99 Å². The predicted octanol–water partition coefficient (Wildman–Crippen LogP) is 3.99. The summed E-state index contributed by atoms with van der Waals surface area (Å²) in [6.07, 6.45) is 1.58. The largest absolute Gasteiger partial charge is 0.369 e. The monoisotopic (exact) mass is 278 g/mol. The maximum Gasteiger partial charge on any atom is 0.194 e. The van der Waals surface area contributed by atoms with Crippen LogP contribution in [0.25, 0.3) is 11.1 Å². The summed E-state index contributed by atoms with van der Waals surface area (Å²) in [5.74, 6) is -3.90. The first kappa shape index (κ1) is 14.1. The van der Waals surface area contributed by atoms with E-state index in [1.807, 2.05) is 14.1 Å². The number of halogens is 3. The highest BCUT2D eigenvalue weighted by molar-refractivity contribution is 5.78. The van der Waals surface area contributed by atoms with Gasteiger partial charge in [0.05, 0.1) is 12.0 Å². The van der Waals surface area contributed by atoms with Gasteiger partial charge < -0.3 is 4.90 Å². The SMILES string of the molecule is CN(C)/C=N/c1ccccc1-c1cc(F)c(F)c(F)c1. The van der Waals surface area contributed by atoms with Gasteiger partial charge in [-0.1, -0.05) is 18.2 Å². The molecule has 0 unspecified atom stereocenters. The Bertz CT molecular complexity index is 628. The van der Waals surface area contributed by atoms with Crippen LogP contribution < -0.4 is 0 Å². The molecule has 2 aromatic carbocycles. The van der Waals surface area contributed by atoms with Crippen molar-refractivity contribution in [2.45, 2.75) is 0 Å². The van der Waals surface area contributed by atoms with Gasteiger partial charge in [0.15, 0.2) is 17.5 Å². The van der Waals surface area contributed by atoms with Gasteiger partial charge in [-0.15, -0.1) is 0 Å². The highest BCUT2D eigenvalue weighted by Gasteiger charge is 2.13. The van der Waals surface area contributed by atoms with Crippen LogP contribution in [0.15, 0.2) is 41.4 Å². The van der Waals surface area contributed by atoms with Gasteiger partial charge in [-0.25, -0.2) is 18.2 Å². The molecular formula is C15H13F3N2. The number of nitrogens with zero attached hydrogens (tertiary/aromatic N) is 2. The number of benzene rings is 2. The quantitative estimate of drug-likeness (QED) is 0.471. The highest BCUT2D eigenvalue weighted by atomic mass is 19.2. The summed E-state index contributed by atoms with van der Waals surface area (Å²) < 4.78 is 39.6. The van der Waals surface area contributed by atoms with Crippen molar-refractivity contribution in [1.29, 1.82) is 0 Å². The highest BCUT2D eigenvalue weighted by Crippen LogP contribution is 2.31. The average Bonchev–Trinajstić information content (AvgIpc) is 2.42. The lowest BCUT2D eigenvalue weighted by Gasteiger charge is -2.08. The van der Waals surface area contributed by atoms with E-state index in [4.69, 9.17) is 0 Å². The molecule has 0 fully saturated rings. The molecule has 0 N–H and O–H groups in total. The summed E-state index contributed by atoms with van der Waals surface area (Å²) in [6.45, 7) is 0. The molecular weight excluding hydrogens is 265 g/mol. The van der Waals surface area contributed by atoms with Crippen LogP contribution >= 0.6 is 0 Å². The van der Waals surface area contributed by atoms with Crippen molar-refractivity contribution >= 4 is 12.0 Å². The fourth-order valence-electron chi connectivity index (χ4n) is 1.72. The zero-order valence-corrected chi connectivity index (χ0v) is 11.1. The lowest BCUT2D eigenvalue weighted by molar-refractivity contribution is 0.448. The lowest BCUT2D eigenvalue weighted by Crippen LogP contribution is -2.07. The molecule has 0 aliphatic rings. The molecule has 0 bridgehead atoms. The minimum atomic E-state index is -1.47. The zero-order valence-electron chi connectivity index (χ0n) is 11.1. The van der Waals surface area contributed by atoms with E-state index in [1.54, 1.807) is 35.5 Å². The van der Waals surface area contributed by atoms with Gasteiger partial charge in [0, 0.05) is 19.7 Å². The summed E-state index contributed by atoms with van der Waals surface area (Å²) in [6, 6.07) is 8.80. The maximum absolute atomic E-state index is 13.3. The Morgan fingerprint density at radius 1 is 1.00 bits per heavy atom. The molecule has 0 saturated carbocycles. The molecule has 5 heteroatoms. The first-order valence-electron chi connectivity index (χ1n) is 5.93. The Hall–Kier alpha value is -2.30. The molecule has 20 heavy (non-hydrogen) atoms. The molecule has 0 aliphatic carbocycles. The molecule has 0 amide bonds. The second kappa shape index (κ2) is 5.77. The van der Waals surface area contributed by atoms with Gasteiger partial charge in [0.2, 0.25) is 0 Å². The molecule has 2 aromatic rings. The average molecular weight is 278 g/mol. The standard InChI is InChI=1S/C15H13F3N2/c1-20(2)9-19-14-6-4-3-5-11(14)10-7-12(16)15(18)13(17)8-10/h3-9H,1-2H3/b19-9+. The van der Waals surface area contributed by atoms with Gasteiger partial charge in [-0.05, 0) is 23.8 Å². The van der Waals surface area contributed by atoms with Crippen molar-refractivity contribution in [3.8, 4) is 11.1 Å².